The molecule has 22 heavy (non-hydrogen) atoms. The highest BCUT2D eigenvalue weighted by atomic mass is 79.9. The minimum absolute atomic E-state index is 0.00913. The zero-order valence-corrected chi connectivity index (χ0v) is 14.9. The Kier molecular flexibility index (Phi) is 5.46. The Balaban J connectivity index is 2.00. The summed E-state index contributed by atoms with van der Waals surface area (Å²) in [5, 5.41) is 3.10. The van der Waals surface area contributed by atoms with Crippen molar-refractivity contribution in [2.24, 2.45) is 0 Å². The molecule has 0 N–H and O–H groups in total. The van der Waals surface area contributed by atoms with Crippen molar-refractivity contribution in [3.05, 3.63) is 28.7 Å². The summed E-state index contributed by atoms with van der Waals surface area (Å²) in [4.78, 5) is 12.4. The molecule has 1 heterocycles. The summed E-state index contributed by atoms with van der Waals surface area (Å²) >= 11 is 3.33. The monoisotopic (exact) mass is 390 g/mol. The van der Waals surface area contributed by atoms with Gasteiger partial charge in [-0.25, -0.2) is 13.4 Å². The minimum atomic E-state index is -3.05. The number of carbonyl (C=O) groups excluding carboxylic acids is 1. The van der Waals surface area contributed by atoms with Crippen LogP contribution in [-0.2, 0) is 14.6 Å². The van der Waals surface area contributed by atoms with Crippen molar-refractivity contribution in [1.82, 2.24) is 10.0 Å². The van der Waals surface area contributed by atoms with E-state index in [-0.39, 0.29) is 30.1 Å². The third-order valence-electron chi connectivity index (χ3n) is 3.42. The summed E-state index contributed by atoms with van der Waals surface area (Å²) in [6.07, 6.45) is 0.463. The van der Waals surface area contributed by atoms with Gasteiger partial charge in [-0.05, 0) is 30.7 Å². The van der Waals surface area contributed by atoms with Gasteiger partial charge in [0, 0.05) is 18.6 Å². The molecular formula is C14H19BrN2O4S. The summed E-state index contributed by atoms with van der Waals surface area (Å²) in [6.45, 7) is -0.129. The first-order chi connectivity index (χ1) is 10.3. The highest BCUT2D eigenvalue weighted by Gasteiger charge is 2.36. The van der Waals surface area contributed by atoms with E-state index in [0.717, 1.165) is 4.47 Å². The van der Waals surface area contributed by atoms with Crippen molar-refractivity contribution in [1.29, 1.82) is 0 Å². The number of sulfone groups is 1. The van der Waals surface area contributed by atoms with Gasteiger partial charge in [-0.3, -0.25) is 9.80 Å². The molecule has 1 saturated heterocycles. The molecule has 6 nitrogen and oxygen atoms in total. The van der Waals surface area contributed by atoms with Crippen LogP contribution in [-0.4, -0.2) is 62.6 Å². The molecule has 0 aromatic heterocycles. The van der Waals surface area contributed by atoms with Crippen molar-refractivity contribution < 1.29 is 17.9 Å². The fourth-order valence-corrected chi connectivity index (χ4v) is 4.42. The molecule has 0 saturated carbocycles. The highest BCUT2D eigenvalue weighted by molar-refractivity contribution is 9.10. The fourth-order valence-electron chi connectivity index (χ4n) is 2.46. The third-order valence-corrected chi connectivity index (χ3v) is 5.70. The quantitative estimate of drug-likeness (QED) is 0.709. The number of rotatable bonds is 5. The van der Waals surface area contributed by atoms with Crippen LogP contribution < -0.4 is 4.74 Å². The van der Waals surface area contributed by atoms with Crippen molar-refractivity contribution in [3.8, 4) is 5.75 Å². The molecule has 8 heteroatoms. The van der Waals surface area contributed by atoms with E-state index in [0.29, 0.717) is 12.2 Å². The van der Waals surface area contributed by atoms with Crippen molar-refractivity contribution >= 4 is 31.7 Å². The average Bonchev–Trinajstić information content (AvgIpc) is 2.78. The van der Waals surface area contributed by atoms with E-state index in [1.54, 1.807) is 31.2 Å². The molecule has 1 amide bonds. The largest absolute Gasteiger partial charge is 0.484 e. The summed E-state index contributed by atoms with van der Waals surface area (Å²) in [6, 6.07) is 6.86. The summed E-state index contributed by atoms with van der Waals surface area (Å²) in [7, 11) is 0.403. The molecule has 0 radical (unpaired) electrons. The zero-order chi connectivity index (χ0) is 16.3. The summed E-state index contributed by atoms with van der Waals surface area (Å²) in [5.41, 5.74) is 0. The fraction of sp³-hybridized carbons (Fsp3) is 0.500. The number of carbonyl (C=O) groups is 1. The number of benzene rings is 1. The zero-order valence-electron chi connectivity index (χ0n) is 12.5. The second kappa shape index (κ2) is 6.97. The number of halogens is 1. The smallest absolute Gasteiger partial charge is 0.275 e. The van der Waals surface area contributed by atoms with Gasteiger partial charge in [0.15, 0.2) is 16.4 Å². The van der Waals surface area contributed by atoms with Gasteiger partial charge in [-0.15, -0.1) is 0 Å². The van der Waals surface area contributed by atoms with Crippen LogP contribution in [0, 0.1) is 0 Å². The molecule has 1 aromatic carbocycles. The Labute approximate surface area is 139 Å². The van der Waals surface area contributed by atoms with Crippen LogP contribution in [0.3, 0.4) is 0 Å². The van der Waals surface area contributed by atoms with Crippen LogP contribution in [0.15, 0.2) is 28.7 Å². The van der Waals surface area contributed by atoms with E-state index >= 15 is 0 Å². The third kappa shape index (κ3) is 4.44. The SMILES string of the molecule is CN(C)N(C(=O)COc1ccc(Br)cc1)[C@@H]1CCS(=O)(=O)C1. The van der Waals surface area contributed by atoms with Crippen LogP contribution in [0.2, 0.25) is 0 Å². The molecule has 1 aliphatic heterocycles. The second-order valence-corrected chi connectivity index (χ2v) is 8.53. The van der Waals surface area contributed by atoms with E-state index < -0.39 is 9.84 Å². The topological polar surface area (TPSA) is 66.9 Å². The predicted molar refractivity (Wildman–Crippen MR) is 87.2 cm³/mol. The Morgan fingerprint density at radius 2 is 1.95 bits per heavy atom. The number of hydrazine groups is 1. The van der Waals surface area contributed by atoms with Crippen LogP contribution in [0.4, 0.5) is 0 Å². The maximum atomic E-state index is 12.4. The van der Waals surface area contributed by atoms with E-state index in [2.05, 4.69) is 15.9 Å². The van der Waals surface area contributed by atoms with Gasteiger partial charge in [-0.1, -0.05) is 15.9 Å². The predicted octanol–water partition coefficient (Wildman–Crippen LogP) is 1.32. The molecule has 1 fully saturated rings. The lowest BCUT2D eigenvalue weighted by Gasteiger charge is -2.33. The first-order valence-corrected chi connectivity index (χ1v) is 9.48. The van der Waals surface area contributed by atoms with Gasteiger partial charge in [0.05, 0.1) is 17.5 Å². The van der Waals surface area contributed by atoms with E-state index in [1.807, 2.05) is 12.1 Å². The lowest BCUT2D eigenvalue weighted by atomic mass is 10.2. The Bertz CT molecular complexity index is 631. The van der Waals surface area contributed by atoms with Crippen LogP contribution in [0.5, 0.6) is 5.75 Å². The van der Waals surface area contributed by atoms with Crippen molar-refractivity contribution in [2.75, 3.05) is 32.2 Å². The first-order valence-electron chi connectivity index (χ1n) is 6.86. The molecule has 1 aliphatic rings. The average molecular weight is 391 g/mol. The molecular weight excluding hydrogens is 372 g/mol. The standard InChI is InChI=1S/C14H19BrN2O4S/c1-16(2)17(12-7-8-22(19,20)10-12)14(18)9-21-13-5-3-11(15)4-6-13/h3-6,12H,7-10H2,1-2H3/t12-/m1/s1. The van der Waals surface area contributed by atoms with Gasteiger partial charge in [0.2, 0.25) is 0 Å². The molecule has 1 aromatic rings. The van der Waals surface area contributed by atoms with Crippen molar-refractivity contribution in [3.63, 3.8) is 0 Å². The number of hydrogen-bond donors (Lipinski definition) is 0. The highest BCUT2D eigenvalue weighted by Crippen LogP contribution is 2.20. The lowest BCUT2D eigenvalue weighted by molar-refractivity contribution is -0.151. The lowest BCUT2D eigenvalue weighted by Crippen LogP contribution is -2.51. The Morgan fingerprint density at radius 3 is 2.45 bits per heavy atom. The van der Waals surface area contributed by atoms with Gasteiger partial charge >= 0.3 is 0 Å². The molecule has 0 unspecified atom stereocenters. The molecule has 2 rings (SSSR count). The second-order valence-electron chi connectivity index (χ2n) is 5.38. The molecule has 0 bridgehead atoms. The number of ether oxygens (including phenoxy) is 1. The normalized spacial score (nSPS) is 20.1. The number of nitrogens with zero attached hydrogens (tertiary/aromatic N) is 2. The van der Waals surface area contributed by atoms with E-state index in [4.69, 9.17) is 4.74 Å². The molecule has 1 atom stereocenters. The van der Waals surface area contributed by atoms with Crippen LogP contribution >= 0.6 is 15.9 Å². The van der Waals surface area contributed by atoms with Crippen molar-refractivity contribution in [2.45, 2.75) is 12.5 Å². The van der Waals surface area contributed by atoms with Gasteiger partial charge < -0.3 is 4.74 Å². The summed E-state index contributed by atoms with van der Waals surface area (Å²) < 4.78 is 29.6. The first kappa shape index (κ1) is 17.2. The maximum Gasteiger partial charge on any atom is 0.275 e. The maximum absolute atomic E-state index is 12.4. The van der Waals surface area contributed by atoms with Gasteiger partial charge in [0.25, 0.3) is 5.91 Å². The minimum Gasteiger partial charge on any atom is -0.484 e. The molecule has 122 valence electrons. The number of amides is 1. The van der Waals surface area contributed by atoms with Crippen LogP contribution in [0.25, 0.3) is 0 Å². The van der Waals surface area contributed by atoms with Gasteiger partial charge in [-0.2, -0.15) is 0 Å². The van der Waals surface area contributed by atoms with Crippen LogP contribution in [0.1, 0.15) is 6.42 Å². The Morgan fingerprint density at radius 1 is 1.32 bits per heavy atom. The summed E-state index contributed by atoms with van der Waals surface area (Å²) in [5.74, 6) is 0.474. The Hall–Kier alpha value is -1.12. The van der Waals surface area contributed by atoms with E-state index in [1.165, 1.54) is 5.01 Å². The molecule has 0 aliphatic carbocycles. The number of hydrogen-bond acceptors (Lipinski definition) is 5. The van der Waals surface area contributed by atoms with E-state index in [9.17, 15) is 13.2 Å². The molecule has 0 spiro atoms. The van der Waals surface area contributed by atoms with Gasteiger partial charge in [0.1, 0.15) is 5.75 Å².